The van der Waals surface area contributed by atoms with Crippen molar-refractivity contribution in [3.05, 3.63) is 29.3 Å². The molecule has 0 bridgehead atoms. The number of carbonyl (C=O) groups excluding carboxylic acids is 1. The van der Waals surface area contributed by atoms with Gasteiger partial charge in [-0.25, -0.2) is 0 Å². The maximum atomic E-state index is 11.2. The van der Waals surface area contributed by atoms with Crippen LogP contribution in [0.1, 0.15) is 18.1 Å². The standard InChI is InChI=1S/C11H13NO2/c1-7(13)10-5-9-8(6-12-10)3-2-4-11(9)14/h2-4,10,12,14H,5-6H2,1H3/t10-/m0/s1. The van der Waals surface area contributed by atoms with E-state index in [4.69, 9.17) is 0 Å². The fraction of sp³-hybridized carbons (Fsp3) is 0.364. The molecule has 1 atom stereocenters. The van der Waals surface area contributed by atoms with Crippen LogP contribution in [0.4, 0.5) is 0 Å². The number of Topliss-reactive ketones (excluding diaryl/α,β-unsaturated/α-hetero) is 1. The lowest BCUT2D eigenvalue weighted by molar-refractivity contribution is -0.119. The minimum atomic E-state index is -0.143. The van der Waals surface area contributed by atoms with E-state index in [1.165, 1.54) is 0 Å². The Labute approximate surface area is 82.8 Å². The van der Waals surface area contributed by atoms with E-state index in [-0.39, 0.29) is 11.8 Å². The van der Waals surface area contributed by atoms with Crippen molar-refractivity contribution in [2.24, 2.45) is 0 Å². The van der Waals surface area contributed by atoms with Crippen LogP contribution in [0.25, 0.3) is 0 Å². The summed E-state index contributed by atoms with van der Waals surface area (Å²) < 4.78 is 0. The van der Waals surface area contributed by atoms with Gasteiger partial charge in [-0.3, -0.25) is 4.79 Å². The van der Waals surface area contributed by atoms with Crippen LogP contribution in [-0.2, 0) is 17.8 Å². The van der Waals surface area contributed by atoms with Gasteiger partial charge >= 0.3 is 0 Å². The summed E-state index contributed by atoms with van der Waals surface area (Å²) in [7, 11) is 0. The number of hydrogen-bond donors (Lipinski definition) is 2. The first-order chi connectivity index (χ1) is 6.68. The van der Waals surface area contributed by atoms with Gasteiger partial charge < -0.3 is 10.4 Å². The van der Waals surface area contributed by atoms with Crippen LogP contribution in [0.15, 0.2) is 18.2 Å². The summed E-state index contributed by atoms with van der Waals surface area (Å²) in [6.45, 7) is 2.23. The molecule has 0 aliphatic carbocycles. The van der Waals surface area contributed by atoms with Gasteiger partial charge in [0.05, 0.1) is 6.04 Å². The highest BCUT2D eigenvalue weighted by Crippen LogP contribution is 2.25. The second-order valence-corrected chi connectivity index (χ2v) is 3.66. The summed E-state index contributed by atoms with van der Waals surface area (Å²) in [5.41, 5.74) is 1.99. The van der Waals surface area contributed by atoms with Crippen molar-refractivity contribution in [3.63, 3.8) is 0 Å². The van der Waals surface area contributed by atoms with Crippen molar-refractivity contribution in [2.75, 3.05) is 0 Å². The largest absolute Gasteiger partial charge is 0.508 e. The van der Waals surface area contributed by atoms with E-state index in [1.807, 2.05) is 12.1 Å². The molecular weight excluding hydrogens is 178 g/mol. The number of hydrogen-bond acceptors (Lipinski definition) is 3. The summed E-state index contributed by atoms with van der Waals surface area (Å²) in [6, 6.07) is 5.32. The maximum absolute atomic E-state index is 11.2. The highest BCUT2D eigenvalue weighted by Gasteiger charge is 2.22. The molecule has 0 fully saturated rings. The molecule has 3 nitrogen and oxygen atoms in total. The third-order valence-corrected chi connectivity index (χ3v) is 2.69. The van der Waals surface area contributed by atoms with Gasteiger partial charge in [-0.15, -0.1) is 0 Å². The Morgan fingerprint density at radius 3 is 3.07 bits per heavy atom. The van der Waals surface area contributed by atoms with Crippen molar-refractivity contribution in [1.82, 2.24) is 5.32 Å². The molecule has 1 aromatic carbocycles. The summed E-state index contributed by atoms with van der Waals surface area (Å²) >= 11 is 0. The Bertz CT molecular complexity index is 374. The second kappa shape index (κ2) is 3.42. The number of aromatic hydroxyl groups is 1. The SMILES string of the molecule is CC(=O)[C@@H]1Cc2c(O)cccc2CN1. The molecule has 74 valence electrons. The molecule has 0 saturated carbocycles. The van der Waals surface area contributed by atoms with Gasteiger partial charge in [-0.05, 0) is 25.0 Å². The number of phenolic OH excluding ortho intramolecular Hbond substituents is 1. The lowest BCUT2D eigenvalue weighted by atomic mass is 9.93. The fourth-order valence-electron chi connectivity index (χ4n) is 1.82. The summed E-state index contributed by atoms with van der Waals surface area (Å²) in [5, 5.41) is 12.8. The number of carbonyl (C=O) groups is 1. The van der Waals surface area contributed by atoms with Gasteiger partial charge in [-0.2, -0.15) is 0 Å². The molecular formula is C11H13NO2. The molecule has 0 spiro atoms. The zero-order valence-electron chi connectivity index (χ0n) is 8.08. The van der Waals surface area contributed by atoms with Crippen LogP contribution in [-0.4, -0.2) is 16.9 Å². The number of benzene rings is 1. The number of phenols is 1. The molecule has 0 unspecified atom stereocenters. The first kappa shape index (κ1) is 9.21. The highest BCUT2D eigenvalue weighted by molar-refractivity contribution is 5.82. The van der Waals surface area contributed by atoms with E-state index in [1.54, 1.807) is 13.0 Å². The Balaban J connectivity index is 2.33. The van der Waals surface area contributed by atoms with Crippen LogP contribution in [0, 0.1) is 0 Å². The monoisotopic (exact) mass is 191 g/mol. The Morgan fingerprint density at radius 1 is 1.57 bits per heavy atom. The predicted octanol–water partition coefficient (Wildman–Crippen LogP) is 0.995. The molecule has 0 aromatic heterocycles. The molecule has 14 heavy (non-hydrogen) atoms. The molecule has 2 rings (SSSR count). The topological polar surface area (TPSA) is 49.3 Å². The van der Waals surface area contributed by atoms with Gasteiger partial charge in [0.25, 0.3) is 0 Å². The Morgan fingerprint density at radius 2 is 2.36 bits per heavy atom. The summed E-state index contributed by atoms with van der Waals surface area (Å²) in [5.74, 6) is 0.425. The minimum Gasteiger partial charge on any atom is -0.508 e. The van der Waals surface area contributed by atoms with Crippen molar-refractivity contribution < 1.29 is 9.90 Å². The minimum absolute atomic E-state index is 0.124. The average Bonchev–Trinajstić information content (AvgIpc) is 2.18. The van der Waals surface area contributed by atoms with E-state index in [0.717, 1.165) is 11.1 Å². The molecule has 0 amide bonds. The van der Waals surface area contributed by atoms with E-state index < -0.39 is 0 Å². The Kier molecular flexibility index (Phi) is 2.25. The number of nitrogens with one attached hydrogen (secondary N) is 1. The van der Waals surface area contributed by atoms with Gasteiger partial charge in [-0.1, -0.05) is 12.1 Å². The molecule has 1 aliphatic heterocycles. The average molecular weight is 191 g/mol. The highest BCUT2D eigenvalue weighted by atomic mass is 16.3. The maximum Gasteiger partial charge on any atom is 0.147 e. The van der Waals surface area contributed by atoms with Crippen molar-refractivity contribution in [2.45, 2.75) is 25.9 Å². The summed E-state index contributed by atoms with van der Waals surface area (Å²) in [4.78, 5) is 11.2. The second-order valence-electron chi connectivity index (χ2n) is 3.66. The van der Waals surface area contributed by atoms with Gasteiger partial charge in [0.1, 0.15) is 11.5 Å². The molecule has 1 aliphatic rings. The third kappa shape index (κ3) is 1.51. The van der Waals surface area contributed by atoms with E-state index in [2.05, 4.69) is 5.32 Å². The van der Waals surface area contributed by atoms with Crippen LogP contribution in [0.5, 0.6) is 5.75 Å². The zero-order chi connectivity index (χ0) is 10.1. The van der Waals surface area contributed by atoms with Crippen LogP contribution in [0.3, 0.4) is 0 Å². The third-order valence-electron chi connectivity index (χ3n) is 2.69. The van der Waals surface area contributed by atoms with Crippen molar-refractivity contribution in [3.8, 4) is 5.75 Å². The number of fused-ring (bicyclic) bond motifs is 1. The molecule has 0 saturated heterocycles. The van der Waals surface area contributed by atoms with Gasteiger partial charge in [0, 0.05) is 12.1 Å². The zero-order valence-corrected chi connectivity index (χ0v) is 8.08. The lowest BCUT2D eigenvalue weighted by Crippen LogP contribution is -2.40. The smallest absolute Gasteiger partial charge is 0.147 e. The normalized spacial score (nSPS) is 20.2. The molecule has 0 radical (unpaired) electrons. The lowest BCUT2D eigenvalue weighted by Gasteiger charge is -2.24. The quantitative estimate of drug-likeness (QED) is 0.696. The Hall–Kier alpha value is -1.35. The fourth-order valence-corrected chi connectivity index (χ4v) is 1.82. The van der Waals surface area contributed by atoms with E-state index in [9.17, 15) is 9.90 Å². The molecule has 1 aromatic rings. The first-order valence-electron chi connectivity index (χ1n) is 4.72. The van der Waals surface area contributed by atoms with E-state index in [0.29, 0.717) is 18.7 Å². The molecule has 2 N–H and O–H groups in total. The molecule has 1 heterocycles. The van der Waals surface area contributed by atoms with Crippen molar-refractivity contribution in [1.29, 1.82) is 0 Å². The predicted molar refractivity (Wildman–Crippen MR) is 53.1 cm³/mol. The van der Waals surface area contributed by atoms with Crippen LogP contribution in [0.2, 0.25) is 0 Å². The van der Waals surface area contributed by atoms with Gasteiger partial charge in [0.15, 0.2) is 0 Å². The van der Waals surface area contributed by atoms with Crippen LogP contribution < -0.4 is 5.32 Å². The summed E-state index contributed by atoms with van der Waals surface area (Å²) in [6.07, 6.45) is 0.595. The first-order valence-corrected chi connectivity index (χ1v) is 4.72. The van der Waals surface area contributed by atoms with Crippen LogP contribution >= 0.6 is 0 Å². The number of ketones is 1. The number of rotatable bonds is 1. The van der Waals surface area contributed by atoms with Gasteiger partial charge in [0.2, 0.25) is 0 Å². The van der Waals surface area contributed by atoms with E-state index >= 15 is 0 Å². The molecule has 3 heteroatoms. The van der Waals surface area contributed by atoms with Crippen molar-refractivity contribution >= 4 is 5.78 Å².